The molecule has 1 aromatic carbocycles. The van der Waals surface area contributed by atoms with Crippen molar-refractivity contribution in [3.05, 3.63) is 27.2 Å². The standard InChI is InChI=1S/C14H15Cl3N2O3/c1-7(12-19-14(2,3)6-21-12)22-13(20)18-11-5-9(16)8(15)4-10(11)17/h4-5,7H,6H2,1-3H3,(H,18,20). The number of benzene rings is 1. The van der Waals surface area contributed by atoms with Crippen molar-refractivity contribution in [2.75, 3.05) is 11.9 Å². The third kappa shape index (κ3) is 4.18. The van der Waals surface area contributed by atoms with Gasteiger partial charge in [-0.05, 0) is 32.9 Å². The summed E-state index contributed by atoms with van der Waals surface area (Å²) >= 11 is 17.7. The topological polar surface area (TPSA) is 59.9 Å². The monoisotopic (exact) mass is 364 g/mol. The van der Waals surface area contributed by atoms with Gasteiger partial charge in [-0.15, -0.1) is 0 Å². The minimum absolute atomic E-state index is 0.259. The zero-order valence-electron chi connectivity index (χ0n) is 12.2. The van der Waals surface area contributed by atoms with Crippen molar-refractivity contribution in [2.24, 2.45) is 4.99 Å². The quantitative estimate of drug-likeness (QED) is 0.783. The van der Waals surface area contributed by atoms with Gasteiger partial charge in [0.05, 0.1) is 26.3 Å². The largest absolute Gasteiger partial charge is 0.476 e. The molecule has 0 saturated carbocycles. The Morgan fingerprint density at radius 1 is 1.32 bits per heavy atom. The summed E-state index contributed by atoms with van der Waals surface area (Å²) in [6.45, 7) is 6.00. The van der Waals surface area contributed by atoms with Gasteiger partial charge in [-0.25, -0.2) is 9.79 Å². The summed E-state index contributed by atoms with van der Waals surface area (Å²) < 4.78 is 10.6. The van der Waals surface area contributed by atoms with Gasteiger partial charge in [-0.3, -0.25) is 5.32 Å². The van der Waals surface area contributed by atoms with Crippen LogP contribution in [0.2, 0.25) is 15.1 Å². The first-order valence-electron chi connectivity index (χ1n) is 6.53. The Kier molecular flexibility index (Phi) is 5.10. The average Bonchev–Trinajstić information content (AvgIpc) is 2.76. The minimum Gasteiger partial charge on any atom is -0.476 e. The zero-order valence-corrected chi connectivity index (χ0v) is 14.5. The number of amides is 1. The van der Waals surface area contributed by atoms with Gasteiger partial charge in [0.15, 0.2) is 6.10 Å². The van der Waals surface area contributed by atoms with Crippen LogP contribution in [0.3, 0.4) is 0 Å². The summed E-state index contributed by atoms with van der Waals surface area (Å²) in [4.78, 5) is 16.3. The molecule has 0 saturated heterocycles. The van der Waals surface area contributed by atoms with Crippen LogP contribution >= 0.6 is 34.8 Å². The number of carbonyl (C=O) groups excluding carboxylic acids is 1. The fourth-order valence-electron chi connectivity index (χ4n) is 1.79. The molecule has 22 heavy (non-hydrogen) atoms. The van der Waals surface area contributed by atoms with Crippen molar-refractivity contribution in [1.82, 2.24) is 0 Å². The second-order valence-corrected chi connectivity index (χ2v) is 6.69. The van der Waals surface area contributed by atoms with Crippen LogP contribution < -0.4 is 5.32 Å². The molecule has 1 atom stereocenters. The van der Waals surface area contributed by atoms with Gasteiger partial charge in [-0.1, -0.05) is 34.8 Å². The van der Waals surface area contributed by atoms with Crippen molar-refractivity contribution in [2.45, 2.75) is 32.4 Å². The highest BCUT2D eigenvalue weighted by Crippen LogP contribution is 2.32. The molecule has 2 rings (SSSR count). The van der Waals surface area contributed by atoms with E-state index in [9.17, 15) is 4.79 Å². The fourth-order valence-corrected chi connectivity index (χ4v) is 2.38. The van der Waals surface area contributed by atoms with Crippen molar-refractivity contribution < 1.29 is 14.3 Å². The molecule has 1 amide bonds. The number of carbonyl (C=O) groups is 1. The molecule has 0 radical (unpaired) electrons. The Balaban J connectivity index is 2.00. The maximum absolute atomic E-state index is 11.9. The van der Waals surface area contributed by atoms with Crippen molar-refractivity contribution >= 4 is 52.5 Å². The first-order valence-corrected chi connectivity index (χ1v) is 7.66. The number of nitrogens with one attached hydrogen (secondary N) is 1. The number of nitrogens with zero attached hydrogens (tertiary/aromatic N) is 1. The van der Waals surface area contributed by atoms with Crippen LogP contribution in [0, 0.1) is 0 Å². The summed E-state index contributed by atoms with van der Waals surface area (Å²) in [5.74, 6) is 0.389. The Hall–Kier alpha value is -1.17. The van der Waals surface area contributed by atoms with E-state index in [0.717, 1.165) is 0 Å². The zero-order chi connectivity index (χ0) is 16.5. The fraction of sp³-hybridized carbons (Fsp3) is 0.429. The Bertz CT molecular complexity index is 632. The lowest BCUT2D eigenvalue weighted by atomic mass is 10.1. The summed E-state index contributed by atoms with van der Waals surface area (Å²) in [5.41, 5.74) is -0.000867. The van der Waals surface area contributed by atoms with Crippen LogP contribution in [-0.4, -0.2) is 30.2 Å². The third-order valence-corrected chi connectivity index (χ3v) is 3.90. The van der Waals surface area contributed by atoms with Gasteiger partial charge in [0.25, 0.3) is 0 Å². The van der Waals surface area contributed by atoms with Crippen molar-refractivity contribution in [3.63, 3.8) is 0 Å². The number of halogens is 3. The molecule has 8 heteroatoms. The van der Waals surface area contributed by atoms with Gasteiger partial charge in [-0.2, -0.15) is 0 Å². The molecular formula is C14H15Cl3N2O3. The van der Waals surface area contributed by atoms with Crippen LogP contribution in [0.4, 0.5) is 10.5 Å². The molecule has 1 aliphatic rings. The number of rotatable bonds is 3. The molecule has 0 aromatic heterocycles. The average molecular weight is 366 g/mol. The predicted octanol–water partition coefficient (Wildman–Crippen LogP) is 4.79. The van der Waals surface area contributed by atoms with E-state index in [-0.39, 0.29) is 15.6 Å². The highest BCUT2D eigenvalue weighted by atomic mass is 35.5. The van der Waals surface area contributed by atoms with Crippen LogP contribution in [0.5, 0.6) is 0 Å². The lowest BCUT2D eigenvalue weighted by Crippen LogP contribution is -2.27. The van der Waals surface area contributed by atoms with Crippen LogP contribution in [-0.2, 0) is 9.47 Å². The van der Waals surface area contributed by atoms with E-state index in [1.807, 2.05) is 13.8 Å². The molecular weight excluding hydrogens is 351 g/mol. The van der Waals surface area contributed by atoms with Gasteiger partial charge in [0.2, 0.25) is 5.90 Å². The third-order valence-electron chi connectivity index (χ3n) is 2.86. The highest BCUT2D eigenvalue weighted by Gasteiger charge is 2.30. The molecule has 1 aromatic rings. The van der Waals surface area contributed by atoms with Crippen LogP contribution in [0.1, 0.15) is 20.8 Å². The van der Waals surface area contributed by atoms with Gasteiger partial charge in [0, 0.05) is 0 Å². The van der Waals surface area contributed by atoms with E-state index in [2.05, 4.69) is 10.3 Å². The Morgan fingerprint density at radius 3 is 2.55 bits per heavy atom. The molecule has 1 N–H and O–H groups in total. The molecule has 120 valence electrons. The maximum atomic E-state index is 11.9. The van der Waals surface area contributed by atoms with Crippen molar-refractivity contribution in [1.29, 1.82) is 0 Å². The normalized spacial score (nSPS) is 17.5. The van der Waals surface area contributed by atoms with Gasteiger partial charge in [0.1, 0.15) is 6.61 Å². The summed E-state index contributed by atoms with van der Waals surface area (Å²) in [6, 6.07) is 2.89. The minimum atomic E-state index is -0.691. The number of hydrogen-bond acceptors (Lipinski definition) is 4. The number of hydrogen-bond donors (Lipinski definition) is 1. The molecule has 0 aliphatic carbocycles. The second-order valence-electron chi connectivity index (χ2n) is 5.47. The first-order chi connectivity index (χ1) is 10.2. The first kappa shape index (κ1) is 17.2. The van der Waals surface area contributed by atoms with E-state index in [0.29, 0.717) is 23.2 Å². The smallest absolute Gasteiger partial charge is 0.412 e. The Labute approximate surface area is 143 Å². The Morgan fingerprint density at radius 2 is 1.95 bits per heavy atom. The molecule has 5 nitrogen and oxygen atoms in total. The maximum Gasteiger partial charge on any atom is 0.412 e. The van der Waals surface area contributed by atoms with Crippen LogP contribution in [0.25, 0.3) is 0 Å². The van der Waals surface area contributed by atoms with Crippen molar-refractivity contribution in [3.8, 4) is 0 Å². The van der Waals surface area contributed by atoms with Crippen LogP contribution in [0.15, 0.2) is 17.1 Å². The highest BCUT2D eigenvalue weighted by molar-refractivity contribution is 6.44. The van der Waals surface area contributed by atoms with Gasteiger partial charge < -0.3 is 9.47 Å². The molecule has 1 aliphatic heterocycles. The molecule has 0 bridgehead atoms. The van der Waals surface area contributed by atoms with E-state index in [4.69, 9.17) is 44.3 Å². The summed E-state index contributed by atoms with van der Waals surface area (Å²) in [7, 11) is 0. The van der Waals surface area contributed by atoms with E-state index in [1.54, 1.807) is 6.92 Å². The lowest BCUT2D eigenvalue weighted by molar-refractivity contribution is 0.135. The lowest BCUT2D eigenvalue weighted by Gasteiger charge is -2.14. The van der Waals surface area contributed by atoms with Gasteiger partial charge >= 0.3 is 6.09 Å². The molecule has 1 heterocycles. The molecule has 0 fully saturated rings. The number of ether oxygens (including phenoxy) is 2. The SMILES string of the molecule is CC(OC(=O)Nc1cc(Cl)c(Cl)cc1Cl)C1=NC(C)(C)CO1. The molecule has 1 unspecified atom stereocenters. The molecule has 0 spiro atoms. The second kappa shape index (κ2) is 6.52. The predicted molar refractivity (Wildman–Crippen MR) is 88.5 cm³/mol. The van der Waals surface area contributed by atoms with E-state index < -0.39 is 12.2 Å². The number of aliphatic imine (C=N–C) groups is 1. The van der Waals surface area contributed by atoms with E-state index >= 15 is 0 Å². The summed E-state index contributed by atoms with van der Waals surface area (Å²) in [5, 5.41) is 3.34. The summed E-state index contributed by atoms with van der Waals surface area (Å²) in [6.07, 6.45) is -1.30. The number of anilines is 1. The van der Waals surface area contributed by atoms with E-state index in [1.165, 1.54) is 12.1 Å².